The van der Waals surface area contributed by atoms with Gasteiger partial charge in [0.1, 0.15) is 0 Å². The van der Waals surface area contributed by atoms with Crippen LogP contribution in [0.2, 0.25) is 0 Å². The van der Waals surface area contributed by atoms with E-state index in [-0.39, 0.29) is 5.97 Å². The molecule has 1 aromatic rings. The number of hydrogen-bond acceptors (Lipinski definition) is 2. The van der Waals surface area contributed by atoms with Crippen LogP contribution in [0.4, 0.5) is 0 Å². The molecule has 0 bridgehead atoms. The van der Waals surface area contributed by atoms with Crippen molar-refractivity contribution in [2.75, 3.05) is 7.11 Å². The highest BCUT2D eigenvalue weighted by Gasteiger charge is 2.00. The molecule has 2 nitrogen and oxygen atoms in total. The summed E-state index contributed by atoms with van der Waals surface area (Å²) < 4.78 is 4.53. The maximum atomic E-state index is 10.9. The predicted octanol–water partition coefficient (Wildman–Crippen LogP) is 2.59. The number of ether oxygens (including phenoxy) is 1. The number of hydrogen-bond donors (Lipinski definition) is 0. The third-order valence-electron chi connectivity index (χ3n) is 2.16. The number of methoxy groups -OCH3 is 1. The van der Waals surface area contributed by atoms with Crippen molar-refractivity contribution in [3.8, 4) is 0 Å². The highest BCUT2D eigenvalue weighted by Crippen LogP contribution is 2.09. The van der Waals surface area contributed by atoms with Gasteiger partial charge in [-0.05, 0) is 17.9 Å². The van der Waals surface area contributed by atoms with Gasteiger partial charge in [-0.3, -0.25) is 0 Å². The van der Waals surface area contributed by atoms with E-state index in [1.807, 2.05) is 24.3 Å². The van der Waals surface area contributed by atoms with Crippen molar-refractivity contribution in [1.82, 2.24) is 0 Å². The quantitative estimate of drug-likeness (QED) is 0.556. The lowest BCUT2D eigenvalue weighted by molar-refractivity contribution is -0.134. The fourth-order valence-corrected chi connectivity index (χ4v) is 1.36. The van der Waals surface area contributed by atoms with Gasteiger partial charge >= 0.3 is 5.97 Å². The third-order valence-corrected chi connectivity index (χ3v) is 2.16. The van der Waals surface area contributed by atoms with E-state index in [4.69, 9.17) is 0 Å². The summed E-state index contributed by atoms with van der Waals surface area (Å²) in [7, 11) is 1.38. The van der Waals surface area contributed by atoms with Crippen LogP contribution >= 0.6 is 0 Å². The first-order valence-corrected chi connectivity index (χ1v) is 5.02. The van der Waals surface area contributed by atoms with Gasteiger partial charge in [-0.2, -0.15) is 0 Å². The molecule has 0 aliphatic heterocycles. The van der Waals surface area contributed by atoms with E-state index in [1.54, 1.807) is 0 Å². The van der Waals surface area contributed by atoms with Crippen LogP contribution in [-0.4, -0.2) is 13.1 Å². The molecule has 0 N–H and O–H groups in total. The maximum Gasteiger partial charge on any atom is 0.330 e. The van der Waals surface area contributed by atoms with Crippen molar-refractivity contribution in [2.24, 2.45) is 5.92 Å². The van der Waals surface area contributed by atoms with Crippen molar-refractivity contribution in [2.45, 2.75) is 13.3 Å². The molecule has 0 aliphatic rings. The number of allylic oxidation sites excluding steroid dienone is 1. The Bertz CT molecular complexity index is 328. The van der Waals surface area contributed by atoms with E-state index in [0.29, 0.717) is 5.92 Å². The van der Waals surface area contributed by atoms with Crippen molar-refractivity contribution >= 4 is 5.97 Å². The second kappa shape index (κ2) is 6.02. The molecule has 1 rings (SSSR count). The smallest absolute Gasteiger partial charge is 0.330 e. The summed E-state index contributed by atoms with van der Waals surface area (Å²) >= 11 is 0. The summed E-state index contributed by atoms with van der Waals surface area (Å²) in [4.78, 5) is 10.9. The van der Waals surface area contributed by atoms with Crippen molar-refractivity contribution in [3.05, 3.63) is 48.0 Å². The number of carbonyl (C=O) groups is 1. The fraction of sp³-hybridized carbons (Fsp3) is 0.308. The van der Waals surface area contributed by atoms with Gasteiger partial charge in [0.25, 0.3) is 0 Å². The highest BCUT2D eigenvalue weighted by atomic mass is 16.5. The Balaban J connectivity index is 2.46. The van der Waals surface area contributed by atoms with Gasteiger partial charge in [0, 0.05) is 6.08 Å². The topological polar surface area (TPSA) is 26.3 Å². The van der Waals surface area contributed by atoms with E-state index in [9.17, 15) is 4.79 Å². The number of esters is 1. The summed E-state index contributed by atoms with van der Waals surface area (Å²) in [6.45, 7) is 2.08. The lowest BCUT2D eigenvalue weighted by Gasteiger charge is -2.05. The third kappa shape index (κ3) is 4.45. The van der Waals surface area contributed by atoms with Crippen LogP contribution in [0, 0.1) is 5.92 Å². The zero-order valence-corrected chi connectivity index (χ0v) is 9.14. The zero-order chi connectivity index (χ0) is 11.1. The fourth-order valence-electron chi connectivity index (χ4n) is 1.36. The van der Waals surface area contributed by atoms with Crippen LogP contribution < -0.4 is 0 Å². The van der Waals surface area contributed by atoms with E-state index in [1.165, 1.54) is 18.7 Å². The van der Waals surface area contributed by atoms with Gasteiger partial charge in [-0.25, -0.2) is 4.79 Å². The Morgan fingerprint density at radius 2 is 2.07 bits per heavy atom. The SMILES string of the molecule is COC(=O)/C=C/C(C)Cc1ccccc1. The molecule has 80 valence electrons. The normalized spacial score (nSPS) is 12.7. The summed E-state index contributed by atoms with van der Waals surface area (Å²) in [6.07, 6.45) is 4.29. The Hall–Kier alpha value is -1.57. The van der Waals surface area contributed by atoms with Gasteiger partial charge in [-0.1, -0.05) is 43.3 Å². The molecule has 0 radical (unpaired) electrons. The van der Waals surface area contributed by atoms with Crippen molar-refractivity contribution in [3.63, 3.8) is 0 Å². The first kappa shape index (κ1) is 11.5. The van der Waals surface area contributed by atoms with Gasteiger partial charge in [-0.15, -0.1) is 0 Å². The van der Waals surface area contributed by atoms with Gasteiger partial charge in [0.05, 0.1) is 7.11 Å². The number of carbonyl (C=O) groups excluding carboxylic acids is 1. The monoisotopic (exact) mass is 204 g/mol. The summed E-state index contributed by atoms with van der Waals surface area (Å²) in [5, 5.41) is 0. The van der Waals surface area contributed by atoms with E-state index in [2.05, 4.69) is 23.8 Å². The molecule has 0 saturated heterocycles. The minimum absolute atomic E-state index is 0.296. The first-order valence-electron chi connectivity index (χ1n) is 5.02. The predicted molar refractivity (Wildman–Crippen MR) is 60.5 cm³/mol. The molecule has 0 aliphatic carbocycles. The molecule has 1 aromatic carbocycles. The van der Waals surface area contributed by atoms with Gasteiger partial charge in [0.15, 0.2) is 0 Å². The average Bonchev–Trinajstić information content (AvgIpc) is 2.27. The van der Waals surface area contributed by atoms with Crippen LogP contribution in [0.15, 0.2) is 42.5 Å². The van der Waals surface area contributed by atoms with E-state index < -0.39 is 0 Å². The largest absolute Gasteiger partial charge is 0.466 e. The standard InChI is InChI=1S/C13H16O2/c1-11(8-9-13(14)15-2)10-12-6-4-3-5-7-12/h3-9,11H,10H2,1-2H3/b9-8+. The second-order valence-corrected chi connectivity index (χ2v) is 3.55. The number of benzene rings is 1. The Kier molecular flexibility index (Phi) is 4.61. The van der Waals surface area contributed by atoms with Crippen LogP contribution in [0.1, 0.15) is 12.5 Å². The molecule has 0 saturated carbocycles. The molecule has 1 atom stereocenters. The van der Waals surface area contributed by atoms with E-state index >= 15 is 0 Å². The molecule has 2 heteroatoms. The molecule has 0 spiro atoms. The van der Waals surface area contributed by atoms with Crippen molar-refractivity contribution < 1.29 is 9.53 Å². The Morgan fingerprint density at radius 1 is 1.40 bits per heavy atom. The van der Waals surface area contributed by atoms with Gasteiger partial charge in [0.2, 0.25) is 0 Å². The summed E-state index contributed by atoms with van der Waals surface area (Å²) in [6, 6.07) is 10.2. The lowest BCUT2D eigenvalue weighted by atomic mass is 10.0. The highest BCUT2D eigenvalue weighted by molar-refractivity contribution is 5.81. The van der Waals surface area contributed by atoms with Crippen LogP contribution in [-0.2, 0) is 16.0 Å². The van der Waals surface area contributed by atoms with Crippen molar-refractivity contribution in [1.29, 1.82) is 0 Å². The lowest BCUT2D eigenvalue weighted by Crippen LogP contribution is -1.99. The average molecular weight is 204 g/mol. The Morgan fingerprint density at radius 3 is 2.67 bits per heavy atom. The molecular formula is C13H16O2. The van der Waals surface area contributed by atoms with Crippen LogP contribution in [0.25, 0.3) is 0 Å². The van der Waals surface area contributed by atoms with E-state index in [0.717, 1.165) is 6.42 Å². The summed E-state index contributed by atoms with van der Waals surface area (Å²) in [5.41, 5.74) is 1.28. The molecular weight excluding hydrogens is 188 g/mol. The molecule has 0 aromatic heterocycles. The molecule has 1 unspecified atom stereocenters. The minimum atomic E-state index is -0.296. The first-order chi connectivity index (χ1) is 7.22. The molecule has 15 heavy (non-hydrogen) atoms. The van der Waals surface area contributed by atoms with Crippen LogP contribution in [0.3, 0.4) is 0 Å². The zero-order valence-electron chi connectivity index (χ0n) is 9.14. The summed E-state index contributed by atoms with van der Waals surface area (Å²) in [5.74, 6) is 0.0430. The minimum Gasteiger partial charge on any atom is -0.466 e. The maximum absolute atomic E-state index is 10.9. The molecule has 0 fully saturated rings. The van der Waals surface area contributed by atoms with Gasteiger partial charge < -0.3 is 4.74 Å². The molecule has 0 heterocycles. The Labute approximate surface area is 90.6 Å². The number of rotatable bonds is 4. The van der Waals surface area contributed by atoms with Crippen LogP contribution in [0.5, 0.6) is 0 Å². The molecule has 0 amide bonds. The second-order valence-electron chi connectivity index (χ2n) is 3.55.